The molecule has 74 valence electrons. The molecule has 0 aliphatic heterocycles. The maximum absolute atomic E-state index is 11.1. The standard InChI is InChI=1S/C12H20O/c1-9(13)7-12-8-10-3-2-4-11(12)6-5-10/h10-12H,2-8H2,1H3. The zero-order valence-electron chi connectivity index (χ0n) is 8.59. The first-order valence-electron chi connectivity index (χ1n) is 5.75. The van der Waals surface area contributed by atoms with Crippen LogP contribution in [-0.2, 0) is 4.79 Å². The number of rotatable bonds is 2. The fourth-order valence-corrected chi connectivity index (χ4v) is 3.35. The maximum Gasteiger partial charge on any atom is 0.130 e. The van der Waals surface area contributed by atoms with Crippen LogP contribution in [-0.4, -0.2) is 5.78 Å². The monoisotopic (exact) mass is 180 g/mol. The summed E-state index contributed by atoms with van der Waals surface area (Å²) in [4.78, 5) is 11.1. The van der Waals surface area contributed by atoms with E-state index in [1.165, 1.54) is 38.5 Å². The van der Waals surface area contributed by atoms with Crippen LogP contribution in [0.1, 0.15) is 51.9 Å². The smallest absolute Gasteiger partial charge is 0.130 e. The van der Waals surface area contributed by atoms with Gasteiger partial charge in [0.05, 0.1) is 0 Å². The first kappa shape index (κ1) is 9.23. The third-order valence-electron chi connectivity index (χ3n) is 3.99. The molecule has 0 spiro atoms. The first-order valence-corrected chi connectivity index (χ1v) is 5.75. The minimum atomic E-state index is 0.401. The summed E-state index contributed by atoms with van der Waals surface area (Å²) in [6.45, 7) is 1.75. The van der Waals surface area contributed by atoms with Gasteiger partial charge in [0.25, 0.3) is 0 Å². The van der Waals surface area contributed by atoms with Crippen LogP contribution in [0.15, 0.2) is 0 Å². The van der Waals surface area contributed by atoms with Gasteiger partial charge in [-0.25, -0.2) is 0 Å². The molecule has 0 radical (unpaired) electrons. The lowest BCUT2D eigenvalue weighted by atomic mass is 9.73. The van der Waals surface area contributed by atoms with E-state index in [9.17, 15) is 4.79 Å². The number of hydrogen-bond acceptors (Lipinski definition) is 1. The quantitative estimate of drug-likeness (QED) is 0.638. The number of carbonyl (C=O) groups is 1. The van der Waals surface area contributed by atoms with Crippen molar-refractivity contribution in [3.05, 3.63) is 0 Å². The molecular formula is C12H20O. The summed E-state index contributed by atoms with van der Waals surface area (Å²) in [7, 11) is 0. The van der Waals surface area contributed by atoms with Crippen molar-refractivity contribution in [3.63, 3.8) is 0 Å². The number of carbonyl (C=O) groups excluding carboxylic acids is 1. The van der Waals surface area contributed by atoms with Crippen LogP contribution in [0.3, 0.4) is 0 Å². The average Bonchev–Trinajstić information content (AvgIpc) is 2.36. The Bertz CT molecular complexity index is 193. The van der Waals surface area contributed by atoms with Gasteiger partial charge in [0.2, 0.25) is 0 Å². The fraction of sp³-hybridized carbons (Fsp3) is 0.917. The summed E-state index contributed by atoms with van der Waals surface area (Å²) in [5.41, 5.74) is 0. The molecule has 2 bridgehead atoms. The molecule has 3 unspecified atom stereocenters. The van der Waals surface area contributed by atoms with E-state index < -0.39 is 0 Å². The van der Waals surface area contributed by atoms with Crippen molar-refractivity contribution in [1.29, 1.82) is 0 Å². The molecule has 3 fully saturated rings. The molecule has 0 saturated heterocycles. The molecule has 3 rings (SSSR count). The van der Waals surface area contributed by atoms with E-state index >= 15 is 0 Å². The Labute approximate surface area is 80.9 Å². The molecule has 0 aromatic carbocycles. The Morgan fingerprint density at radius 2 is 2.08 bits per heavy atom. The molecule has 13 heavy (non-hydrogen) atoms. The molecule has 1 heteroatoms. The highest BCUT2D eigenvalue weighted by Gasteiger charge is 2.33. The second-order valence-corrected chi connectivity index (χ2v) is 5.04. The van der Waals surface area contributed by atoms with Crippen LogP contribution < -0.4 is 0 Å². The minimum Gasteiger partial charge on any atom is -0.300 e. The van der Waals surface area contributed by atoms with Gasteiger partial charge in [-0.1, -0.05) is 25.7 Å². The van der Waals surface area contributed by atoms with Crippen molar-refractivity contribution in [2.75, 3.05) is 0 Å². The van der Waals surface area contributed by atoms with Crippen LogP contribution >= 0.6 is 0 Å². The normalized spacial score (nSPS) is 38.7. The zero-order chi connectivity index (χ0) is 9.26. The Morgan fingerprint density at radius 1 is 1.23 bits per heavy atom. The van der Waals surface area contributed by atoms with E-state index in [0.717, 1.165) is 24.2 Å². The second-order valence-electron chi connectivity index (χ2n) is 5.04. The Morgan fingerprint density at radius 3 is 2.85 bits per heavy atom. The highest BCUT2D eigenvalue weighted by Crippen LogP contribution is 2.44. The van der Waals surface area contributed by atoms with Crippen LogP contribution in [0.4, 0.5) is 0 Å². The van der Waals surface area contributed by atoms with Crippen LogP contribution in [0.25, 0.3) is 0 Å². The van der Waals surface area contributed by atoms with Gasteiger partial charge in [0, 0.05) is 6.42 Å². The second kappa shape index (κ2) is 3.81. The van der Waals surface area contributed by atoms with Crippen molar-refractivity contribution in [2.45, 2.75) is 51.9 Å². The number of fused-ring (bicyclic) bond motifs is 4. The Balaban J connectivity index is 1.99. The summed E-state index contributed by atoms with van der Waals surface area (Å²) in [6.07, 6.45) is 9.32. The summed E-state index contributed by atoms with van der Waals surface area (Å²) in [5, 5.41) is 0. The molecule has 0 heterocycles. The fourth-order valence-electron chi connectivity index (χ4n) is 3.35. The van der Waals surface area contributed by atoms with Crippen LogP contribution in [0.5, 0.6) is 0 Å². The predicted octanol–water partition coefficient (Wildman–Crippen LogP) is 3.18. The lowest BCUT2D eigenvalue weighted by molar-refractivity contribution is -0.118. The summed E-state index contributed by atoms with van der Waals surface area (Å²) in [6, 6.07) is 0. The Hall–Kier alpha value is -0.330. The highest BCUT2D eigenvalue weighted by molar-refractivity contribution is 5.75. The predicted molar refractivity (Wildman–Crippen MR) is 53.5 cm³/mol. The van der Waals surface area contributed by atoms with Gasteiger partial charge in [0.1, 0.15) is 5.78 Å². The number of ketones is 1. The van der Waals surface area contributed by atoms with Crippen molar-refractivity contribution < 1.29 is 4.79 Å². The molecule has 0 N–H and O–H groups in total. The lowest BCUT2D eigenvalue weighted by Gasteiger charge is -2.31. The summed E-state index contributed by atoms with van der Waals surface area (Å²) in [5.74, 6) is 3.00. The average molecular weight is 180 g/mol. The van der Waals surface area contributed by atoms with E-state index in [0.29, 0.717) is 5.78 Å². The van der Waals surface area contributed by atoms with Crippen molar-refractivity contribution >= 4 is 5.78 Å². The SMILES string of the molecule is CC(=O)CC1CC2CCCC1CC2. The highest BCUT2D eigenvalue weighted by atomic mass is 16.1. The van der Waals surface area contributed by atoms with Crippen LogP contribution in [0, 0.1) is 17.8 Å². The number of Topliss-reactive ketones (excluding diaryl/α,β-unsaturated/α-hetero) is 1. The molecule has 3 aliphatic carbocycles. The van der Waals surface area contributed by atoms with Crippen molar-refractivity contribution in [1.82, 2.24) is 0 Å². The van der Waals surface area contributed by atoms with E-state index in [-0.39, 0.29) is 0 Å². The molecule has 0 aromatic rings. The first-order chi connectivity index (χ1) is 6.25. The number of hydrogen-bond donors (Lipinski definition) is 0. The molecule has 3 atom stereocenters. The minimum absolute atomic E-state index is 0.401. The van der Waals surface area contributed by atoms with E-state index in [1.807, 2.05) is 0 Å². The zero-order valence-corrected chi connectivity index (χ0v) is 8.59. The van der Waals surface area contributed by atoms with Gasteiger partial charge >= 0.3 is 0 Å². The molecule has 0 aromatic heterocycles. The topological polar surface area (TPSA) is 17.1 Å². The van der Waals surface area contributed by atoms with Gasteiger partial charge in [-0.3, -0.25) is 0 Å². The van der Waals surface area contributed by atoms with E-state index in [2.05, 4.69) is 0 Å². The Kier molecular flexibility index (Phi) is 2.71. The summed E-state index contributed by atoms with van der Waals surface area (Å²) >= 11 is 0. The molecule has 3 saturated carbocycles. The maximum atomic E-state index is 11.1. The van der Waals surface area contributed by atoms with Crippen molar-refractivity contribution in [2.24, 2.45) is 17.8 Å². The van der Waals surface area contributed by atoms with Crippen molar-refractivity contribution in [3.8, 4) is 0 Å². The third-order valence-corrected chi connectivity index (χ3v) is 3.99. The molecule has 1 nitrogen and oxygen atoms in total. The van der Waals surface area contributed by atoms with Crippen LogP contribution in [0.2, 0.25) is 0 Å². The van der Waals surface area contributed by atoms with Gasteiger partial charge in [0.15, 0.2) is 0 Å². The van der Waals surface area contributed by atoms with Gasteiger partial charge < -0.3 is 4.79 Å². The summed E-state index contributed by atoms with van der Waals surface area (Å²) < 4.78 is 0. The van der Waals surface area contributed by atoms with E-state index in [4.69, 9.17) is 0 Å². The lowest BCUT2D eigenvalue weighted by Crippen LogP contribution is -2.23. The van der Waals surface area contributed by atoms with Gasteiger partial charge in [-0.2, -0.15) is 0 Å². The molecular weight excluding hydrogens is 160 g/mol. The molecule has 0 amide bonds. The van der Waals surface area contributed by atoms with E-state index in [1.54, 1.807) is 6.92 Å². The third kappa shape index (κ3) is 2.12. The van der Waals surface area contributed by atoms with Gasteiger partial charge in [-0.15, -0.1) is 0 Å². The largest absolute Gasteiger partial charge is 0.300 e. The van der Waals surface area contributed by atoms with Gasteiger partial charge in [-0.05, 0) is 37.5 Å². The molecule has 3 aliphatic rings.